The van der Waals surface area contributed by atoms with Crippen LogP contribution < -0.4 is 5.32 Å². The van der Waals surface area contributed by atoms with Crippen molar-refractivity contribution < 1.29 is 4.42 Å². The smallest absolute Gasteiger partial charge is 0.169 e. The van der Waals surface area contributed by atoms with Gasteiger partial charge in [-0.1, -0.05) is 0 Å². The van der Waals surface area contributed by atoms with Crippen molar-refractivity contribution in [1.29, 1.82) is 0 Å². The fourth-order valence-electron chi connectivity index (χ4n) is 1.99. The number of aromatic nitrogens is 2. The minimum atomic E-state index is 0.298. The van der Waals surface area contributed by atoms with E-state index < -0.39 is 0 Å². The van der Waals surface area contributed by atoms with Gasteiger partial charge < -0.3 is 14.6 Å². The van der Waals surface area contributed by atoms with E-state index in [0.717, 1.165) is 23.5 Å². The van der Waals surface area contributed by atoms with Crippen LogP contribution in [0.25, 0.3) is 0 Å². The summed E-state index contributed by atoms with van der Waals surface area (Å²) in [6.45, 7) is 1.56. The van der Waals surface area contributed by atoms with Crippen LogP contribution in [0.4, 0.5) is 0 Å². The zero-order valence-corrected chi connectivity index (χ0v) is 13.0. The van der Waals surface area contributed by atoms with Crippen molar-refractivity contribution in [3.8, 4) is 0 Å². The molecule has 2 aromatic rings. The Balaban J connectivity index is 1.91. The predicted octanol–water partition coefficient (Wildman–Crippen LogP) is 2.17. The fourth-order valence-corrected chi connectivity index (χ4v) is 2.33. The van der Waals surface area contributed by atoms with Crippen LogP contribution in [0.1, 0.15) is 17.4 Å². The molecule has 0 saturated carbocycles. The third-order valence-electron chi connectivity index (χ3n) is 3.00. The SMILES string of the molecule is CN(C)[C@@H](CNCc1ccc(Br)o1)c1cnn(C)c1. The fraction of sp³-hybridized carbons (Fsp3) is 0.462. The summed E-state index contributed by atoms with van der Waals surface area (Å²) in [6, 6.07) is 4.17. The summed E-state index contributed by atoms with van der Waals surface area (Å²) in [5.41, 5.74) is 1.21. The number of nitrogens with zero attached hydrogens (tertiary/aromatic N) is 3. The molecule has 0 fully saturated rings. The number of nitrogens with one attached hydrogen (secondary N) is 1. The summed E-state index contributed by atoms with van der Waals surface area (Å²) in [7, 11) is 6.08. The van der Waals surface area contributed by atoms with E-state index in [0.29, 0.717) is 6.04 Å². The standard InChI is InChI=1S/C13H19BrN4O/c1-17(2)12(10-6-16-18(3)9-10)8-15-7-11-4-5-13(14)19-11/h4-6,9,12,15H,7-8H2,1-3H3/t12-/m0/s1. The van der Waals surface area contributed by atoms with Gasteiger partial charge in [0.05, 0.1) is 12.7 Å². The van der Waals surface area contributed by atoms with E-state index in [2.05, 4.69) is 51.5 Å². The van der Waals surface area contributed by atoms with Gasteiger partial charge in [-0.05, 0) is 42.2 Å². The van der Waals surface area contributed by atoms with Crippen molar-refractivity contribution in [3.63, 3.8) is 0 Å². The highest BCUT2D eigenvalue weighted by molar-refractivity contribution is 9.10. The summed E-state index contributed by atoms with van der Waals surface area (Å²) in [4.78, 5) is 2.18. The molecule has 104 valence electrons. The zero-order valence-electron chi connectivity index (χ0n) is 11.4. The van der Waals surface area contributed by atoms with Gasteiger partial charge in [0.15, 0.2) is 4.67 Å². The summed E-state index contributed by atoms with van der Waals surface area (Å²) in [5, 5.41) is 7.64. The number of aryl methyl sites for hydroxylation is 1. The molecule has 6 heteroatoms. The molecule has 0 aliphatic rings. The first-order valence-electron chi connectivity index (χ1n) is 6.16. The molecule has 0 bridgehead atoms. The van der Waals surface area contributed by atoms with Crippen molar-refractivity contribution in [3.05, 3.63) is 40.5 Å². The Hall–Kier alpha value is -1.11. The van der Waals surface area contributed by atoms with Gasteiger partial charge in [0.25, 0.3) is 0 Å². The number of furan rings is 1. The largest absolute Gasteiger partial charge is 0.453 e. The summed E-state index contributed by atoms with van der Waals surface area (Å²) in [5.74, 6) is 0.926. The third kappa shape index (κ3) is 3.92. The molecule has 2 aromatic heterocycles. The van der Waals surface area contributed by atoms with Crippen LogP contribution >= 0.6 is 15.9 Å². The van der Waals surface area contributed by atoms with Gasteiger partial charge in [-0.25, -0.2) is 0 Å². The lowest BCUT2D eigenvalue weighted by Gasteiger charge is -2.23. The molecule has 0 radical (unpaired) electrons. The lowest BCUT2D eigenvalue weighted by Crippen LogP contribution is -2.30. The van der Waals surface area contributed by atoms with Crippen molar-refractivity contribution >= 4 is 15.9 Å². The Morgan fingerprint density at radius 1 is 1.47 bits per heavy atom. The average molecular weight is 327 g/mol. The molecule has 5 nitrogen and oxygen atoms in total. The molecule has 19 heavy (non-hydrogen) atoms. The van der Waals surface area contributed by atoms with Crippen LogP contribution in [0.15, 0.2) is 33.6 Å². The Labute approximate surface area is 121 Å². The maximum Gasteiger partial charge on any atom is 0.169 e. The third-order valence-corrected chi connectivity index (χ3v) is 3.42. The minimum absolute atomic E-state index is 0.298. The molecule has 0 saturated heterocycles. The Morgan fingerprint density at radius 2 is 2.26 bits per heavy atom. The van der Waals surface area contributed by atoms with Gasteiger partial charge >= 0.3 is 0 Å². The molecule has 0 amide bonds. The molecule has 0 aliphatic carbocycles. The lowest BCUT2D eigenvalue weighted by atomic mass is 10.1. The highest BCUT2D eigenvalue weighted by atomic mass is 79.9. The lowest BCUT2D eigenvalue weighted by molar-refractivity contribution is 0.285. The van der Waals surface area contributed by atoms with Gasteiger partial charge in [0.1, 0.15) is 5.76 Å². The van der Waals surface area contributed by atoms with E-state index >= 15 is 0 Å². The topological polar surface area (TPSA) is 46.2 Å². The Morgan fingerprint density at radius 3 is 2.79 bits per heavy atom. The number of likely N-dealkylation sites (N-methyl/N-ethyl adjacent to an activating group) is 1. The first-order valence-corrected chi connectivity index (χ1v) is 6.95. The second-order valence-electron chi connectivity index (χ2n) is 4.76. The minimum Gasteiger partial charge on any atom is -0.453 e. The summed E-state index contributed by atoms with van der Waals surface area (Å²) in [6.07, 6.45) is 3.96. The molecule has 1 N–H and O–H groups in total. The van der Waals surface area contributed by atoms with Crippen molar-refractivity contribution in [2.45, 2.75) is 12.6 Å². The van der Waals surface area contributed by atoms with Gasteiger partial charge in [-0.15, -0.1) is 0 Å². The molecule has 1 atom stereocenters. The maximum absolute atomic E-state index is 5.46. The van der Waals surface area contributed by atoms with Crippen LogP contribution in [0, 0.1) is 0 Å². The number of rotatable bonds is 6. The summed E-state index contributed by atoms with van der Waals surface area (Å²) >= 11 is 3.30. The molecule has 0 aromatic carbocycles. The Bertz CT molecular complexity index is 520. The average Bonchev–Trinajstić information content (AvgIpc) is 2.93. The quantitative estimate of drug-likeness (QED) is 0.883. The monoisotopic (exact) mass is 326 g/mol. The maximum atomic E-state index is 5.46. The zero-order chi connectivity index (χ0) is 13.8. The Kier molecular flexibility index (Phi) is 4.79. The molecule has 0 spiro atoms. The number of hydrogen-bond donors (Lipinski definition) is 1. The predicted molar refractivity (Wildman–Crippen MR) is 77.8 cm³/mol. The van der Waals surface area contributed by atoms with Gasteiger partial charge in [0, 0.05) is 31.4 Å². The second-order valence-corrected chi connectivity index (χ2v) is 5.55. The number of halogens is 1. The molecule has 2 rings (SSSR count). The van der Waals surface area contributed by atoms with Gasteiger partial charge in [-0.2, -0.15) is 5.10 Å². The van der Waals surface area contributed by atoms with Crippen LogP contribution in [0.2, 0.25) is 0 Å². The highest BCUT2D eigenvalue weighted by Gasteiger charge is 2.15. The molecule has 0 unspecified atom stereocenters. The van der Waals surface area contributed by atoms with E-state index in [-0.39, 0.29) is 0 Å². The molecular weight excluding hydrogens is 308 g/mol. The number of hydrogen-bond acceptors (Lipinski definition) is 4. The molecule has 0 aliphatic heterocycles. The van der Waals surface area contributed by atoms with E-state index in [1.165, 1.54) is 5.56 Å². The van der Waals surface area contributed by atoms with E-state index in [1.54, 1.807) is 0 Å². The van der Waals surface area contributed by atoms with Crippen molar-refractivity contribution in [1.82, 2.24) is 20.0 Å². The second kappa shape index (κ2) is 6.36. The van der Waals surface area contributed by atoms with Crippen molar-refractivity contribution in [2.24, 2.45) is 7.05 Å². The first-order chi connectivity index (χ1) is 9.06. The van der Waals surface area contributed by atoms with E-state index in [9.17, 15) is 0 Å². The van der Waals surface area contributed by atoms with Crippen LogP contribution in [0.3, 0.4) is 0 Å². The molecule has 2 heterocycles. The van der Waals surface area contributed by atoms with E-state index in [1.807, 2.05) is 30.1 Å². The van der Waals surface area contributed by atoms with Crippen LogP contribution in [-0.4, -0.2) is 35.3 Å². The van der Waals surface area contributed by atoms with Crippen LogP contribution in [0.5, 0.6) is 0 Å². The van der Waals surface area contributed by atoms with Crippen molar-refractivity contribution in [2.75, 3.05) is 20.6 Å². The van der Waals surface area contributed by atoms with Gasteiger partial charge in [0.2, 0.25) is 0 Å². The molecular formula is C13H19BrN4O. The normalized spacial score (nSPS) is 13.1. The first kappa shape index (κ1) is 14.3. The van der Waals surface area contributed by atoms with E-state index in [4.69, 9.17) is 4.42 Å². The van der Waals surface area contributed by atoms with Gasteiger partial charge in [-0.3, -0.25) is 4.68 Å². The van der Waals surface area contributed by atoms with Crippen LogP contribution in [-0.2, 0) is 13.6 Å². The highest BCUT2D eigenvalue weighted by Crippen LogP contribution is 2.17. The summed E-state index contributed by atoms with van der Waals surface area (Å²) < 4.78 is 8.05.